The van der Waals surface area contributed by atoms with Gasteiger partial charge in [0.2, 0.25) is 0 Å². The summed E-state index contributed by atoms with van der Waals surface area (Å²) in [5.74, 6) is 0.680. The van der Waals surface area contributed by atoms with E-state index in [-0.39, 0.29) is 18.2 Å². The zero-order valence-electron chi connectivity index (χ0n) is 14.2. The molecule has 3 N–H and O–H groups in total. The summed E-state index contributed by atoms with van der Waals surface area (Å²) in [6, 6.07) is 4.87. The fourth-order valence-corrected chi connectivity index (χ4v) is 5.29. The number of furan rings is 1. The van der Waals surface area contributed by atoms with Gasteiger partial charge in [-0.1, -0.05) is 23.2 Å². The molecule has 0 fully saturated rings. The van der Waals surface area contributed by atoms with Crippen LogP contribution in [-0.4, -0.2) is 31.5 Å². The Morgan fingerprint density at radius 2 is 2.15 bits per heavy atom. The lowest BCUT2D eigenvalue weighted by Crippen LogP contribution is -2.31. The zero-order chi connectivity index (χ0) is 18.9. The summed E-state index contributed by atoms with van der Waals surface area (Å²) in [5, 5.41) is 4.04. The van der Waals surface area contributed by atoms with E-state index in [0.29, 0.717) is 28.7 Å². The molecule has 27 heavy (non-hydrogen) atoms. The van der Waals surface area contributed by atoms with Gasteiger partial charge in [0.1, 0.15) is 26.3 Å². The van der Waals surface area contributed by atoms with Gasteiger partial charge in [0.05, 0.1) is 34.0 Å². The van der Waals surface area contributed by atoms with E-state index in [4.69, 9.17) is 33.4 Å². The Morgan fingerprint density at radius 3 is 2.78 bits per heavy atom. The minimum atomic E-state index is -3.16. The number of anilines is 1. The summed E-state index contributed by atoms with van der Waals surface area (Å²) < 4.78 is 29.0. The average molecular weight is 471 g/mol. The predicted octanol–water partition coefficient (Wildman–Crippen LogP) is 4.14. The first-order valence-electron chi connectivity index (χ1n) is 7.70. The van der Waals surface area contributed by atoms with E-state index in [1.165, 1.54) is 11.3 Å². The number of thiophene rings is 1. The predicted molar refractivity (Wildman–Crippen MR) is 114 cm³/mol. The third-order valence-electron chi connectivity index (χ3n) is 3.62. The smallest absolute Gasteiger partial charge is 0.148 e. The molecule has 0 radical (unpaired) electrons. The Kier molecular flexibility index (Phi) is 7.40. The van der Waals surface area contributed by atoms with Gasteiger partial charge >= 0.3 is 0 Å². The summed E-state index contributed by atoms with van der Waals surface area (Å²) in [6.45, 7) is 0.487. The SMILES string of the molecule is CS(=O)(=O)C[C@H](N)Cc1sc2c(NCc3ccco3)cc(Cl)nc2c1Cl.Cl. The number of fused-ring (bicyclic) bond motifs is 1. The molecule has 0 aromatic carbocycles. The Balaban J connectivity index is 0.00000261. The topological polar surface area (TPSA) is 98.2 Å². The fourth-order valence-electron chi connectivity index (χ4n) is 2.60. The molecule has 3 aromatic rings. The quantitative estimate of drug-likeness (QED) is 0.503. The van der Waals surface area contributed by atoms with Crippen molar-refractivity contribution in [3.8, 4) is 0 Å². The van der Waals surface area contributed by atoms with Crippen molar-refractivity contribution in [2.75, 3.05) is 17.3 Å². The second kappa shape index (κ2) is 8.98. The van der Waals surface area contributed by atoms with Crippen LogP contribution in [0.5, 0.6) is 0 Å². The van der Waals surface area contributed by atoms with E-state index in [1.54, 1.807) is 12.3 Å². The number of sulfone groups is 1. The lowest BCUT2D eigenvalue weighted by molar-refractivity contribution is 0.518. The third-order valence-corrected chi connectivity index (χ3v) is 6.60. The molecule has 0 aliphatic carbocycles. The number of nitrogens with one attached hydrogen (secondary N) is 1. The Morgan fingerprint density at radius 1 is 1.41 bits per heavy atom. The molecule has 0 unspecified atom stereocenters. The normalized spacial score (nSPS) is 12.7. The lowest BCUT2D eigenvalue weighted by Gasteiger charge is -2.08. The highest BCUT2D eigenvalue weighted by atomic mass is 35.5. The van der Waals surface area contributed by atoms with Crippen molar-refractivity contribution >= 4 is 72.7 Å². The number of hydrogen-bond acceptors (Lipinski definition) is 7. The first kappa shape index (κ1) is 22.3. The highest BCUT2D eigenvalue weighted by Gasteiger charge is 2.20. The van der Waals surface area contributed by atoms with Crippen LogP contribution in [0, 0.1) is 0 Å². The van der Waals surface area contributed by atoms with Gasteiger partial charge in [-0.25, -0.2) is 13.4 Å². The molecular weight excluding hydrogens is 453 g/mol. The Bertz CT molecular complexity index is 1020. The van der Waals surface area contributed by atoms with Crippen molar-refractivity contribution in [3.63, 3.8) is 0 Å². The van der Waals surface area contributed by atoms with Crippen LogP contribution in [0.15, 0.2) is 28.9 Å². The largest absolute Gasteiger partial charge is 0.467 e. The molecule has 3 heterocycles. The molecule has 3 aromatic heterocycles. The van der Waals surface area contributed by atoms with Gasteiger partial charge in [0.25, 0.3) is 0 Å². The number of hydrogen-bond donors (Lipinski definition) is 2. The average Bonchev–Trinajstić information content (AvgIpc) is 3.13. The van der Waals surface area contributed by atoms with Crippen LogP contribution < -0.4 is 11.1 Å². The van der Waals surface area contributed by atoms with E-state index in [9.17, 15) is 8.42 Å². The lowest BCUT2D eigenvalue weighted by atomic mass is 10.2. The van der Waals surface area contributed by atoms with Crippen LogP contribution in [-0.2, 0) is 22.8 Å². The standard InChI is InChI=1S/C16H17Cl2N3O3S2.ClH/c1-26(22,23)8-9(19)5-12-14(18)15-16(25-12)11(6-13(17)21-15)20-7-10-3-2-4-24-10;/h2-4,6,9H,5,7-8,19H2,1H3,(H,20,21);1H/t9-;/m1./s1. The van der Waals surface area contributed by atoms with E-state index in [2.05, 4.69) is 10.3 Å². The molecule has 148 valence electrons. The number of rotatable bonds is 7. The summed E-state index contributed by atoms with van der Waals surface area (Å²) in [7, 11) is -3.16. The minimum absolute atomic E-state index is 0. The summed E-state index contributed by atoms with van der Waals surface area (Å²) in [5.41, 5.74) is 7.33. The van der Waals surface area contributed by atoms with Crippen molar-refractivity contribution in [1.82, 2.24) is 4.98 Å². The second-order valence-electron chi connectivity index (χ2n) is 6.00. The second-order valence-corrected chi connectivity index (χ2v) is 10.1. The van der Waals surface area contributed by atoms with Crippen LogP contribution in [0.25, 0.3) is 10.2 Å². The van der Waals surface area contributed by atoms with Crippen LogP contribution in [0.3, 0.4) is 0 Å². The highest BCUT2D eigenvalue weighted by molar-refractivity contribution is 7.90. The molecule has 3 rings (SSSR count). The Hall–Kier alpha value is -1.03. The van der Waals surface area contributed by atoms with Gasteiger partial charge in [0.15, 0.2) is 0 Å². The molecule has 0 spiro atoms. The molecule has 6 nitrogen and oxygen atoms in total. The number of pyridine rings is 1. The van der Waals surface area contributed by atoms with Gasteiger partial charge in [0, 0.05) is 23.2 Å². The molecule has 0 saturated carbocycles. The summed E-state index contributed by atoms with van der Waals surface area (Å²) >= 11 is 14.0. The maximum Gasteiger partial charge on any atom is 0.148 e. The van der Waals surface area contributed by atoms with Crippen molar-refractivity contribution in [2.24, 2.45) is 5.73 Å². The molecule has 1 atom stereocenters. The molecule has 0 bridgehead atoms. The summed E-state index contributed by atoms with van der Waals surface area (Å²) in [4.78, 5) is 5.09. The van der Waals surface area contributed by atoms with E-state index >= 15 is 0 Å². The number of nitrogens with zero attached hydrogens (tertiary/aromatic N) is 1. The van der Waals surface area contributed by atoms with Gasteiger partial charge in [-0.3, -0.25) is 0 Å². The highest BCUT2D eigenvalue weighted by Crippen LogP contribution is 2.40. The number of nitrogens with two attached hydrogens (primary N) is 1. The van der Waals surface area contributed by atoms with Gasteiger partial charge in [-0.15, -0.1) is 23.7 Å². The first-order chi connectivity index (χ1) is 12.2. The van der Waals surface area contributed by atoms with E-state index in [0.717, 1.165) is 27.3 Å². The molecule has 11 heteroatoms. The van der Waals surface area contributed by atoms with Crippen LogP contribution in [0.2, 0.25) is 10.2 Å². The zero-order valence-corrected chi connectivity index (χ0v) is 18.2. The molecule has 0 saturated heterocycles. The fraction of sp³-hybridized carbons (Fsp3) is 0.312. The minimum Gasteiger partial charge on any atom is -0.467 e. The Labute approximate surface area is 177 Å². The van der Waals surface area contributed by atoms with Crippen LogP contribution in [0.4, 0.5) is 5.69 Å². The molecule has 0 amide bonds. The number of aromatic nitrogens is 1. The van der Waals surface area contributed by atoms with Crippen molar-refractivity contribution in [2.45, 2.75) is 19.0 Å². The van der Waals surface area contributed by atoms with Crippen molar-refractivity contribution in [1.29, 1.82) is 0 Å². The van der Waals surface area contributed by atoms with Crippen molar-refractivity contribution < 1.29 is 12.8 Å². The molecular formula is C16H18Cl3N3O3S2. The third kappa shape index (κ3) is 5.73. The monoisotopic (exact) mass is 469 g/mol. The van der Waals surface area contributed by atoms with E-state index < -0.39 is 15.9 Å². The summed E-state index contributed by atoms with van der Waals surface area (Å²) in [6.07, 6.45) is 3.12. The van der Waals surface area contributed by atoms with Crippen molar-refractivity contribution in [3.05, 3.63) is 45.3 Å². The van der Waals surface area contributed by atoms with Gasteiger partial charge in [-0.05, 0) is 18.6 Å². The maximum atomic E-state index is 11.4. The molecule has 0 aliphatic heterocycles. The number of halogens is 3. The van der Waals surface area contributed by atoms with Gasteiger partial charge < -0.3 is 15.5 Å². The van der Waals surface area contributed by atoms with Crippen LogP contribution in [0.1, 0.15) is 10.6 Å². The maximum absolute atomic E-state index is 11.4. The first-order valence-corrected chi connectivity index (χ1v) is 11.3. The van der Waals surface area contributed by atoms with Gasteiger partial charge in [-0.2, -0.15) is 0 Å². The van der Waals surface area contributed by atoms with E-state index in [1.807, 2.05) is 12.1 Å². The van der Waals surface area contributed by atoms with Crippen LogP contribution >= 0.6 is 46.9 Å². The molecule has 0 aliphatic rings.